The van der Waals surface area contributed by atoms with Crippen LogP contribution < -0.4 is 10.6 Å². The lowest BCUT2D eigenvalue weighted by atomic mass is 9.98. The van der Waals surface area contributed by atoms with Gasteiger partial charge in [0.25, 0.3) is 0 Å². The second-order valence-corrected chi connectivity index (χ2v) is 9.35. The predicted octanol–water partition coefficient (Wildman–Crippen LogP) is 6.52. The van der Waals surface area contributed by atoms with Crippen LogP contribution in [0, 0.1) is 11.8 Å². The highest BCUT2D eigenvalue weighted by atomic mass is 35.5. The Balaban J connectivity index is 1.57. The Morgan fingerprint density at radius 3 is 2.38 bits per heavy atom. The van der Waals surface area contributed by atoms with Gasteiger partial charge in [-0.1, -0.05) is 86.5 Å². The first-order chi connectivity index (χ1) is 15.5. The third kappa shape index (κ3) is 5.06. The van der Waals surface area contributed by atoms with Crippen molar-refractivity contribution >= 4 is 23.2 Å². The fourth-order valence-corrected chi connectivity index (χ4v) is 4.45. The molecule has 0 unspecified atom stereocenters. The van der Waals surface area contributed by atoms with Crippen molar-refractivity contribution in [2.75, 3.05) is 11.4 Å². The van der Waals surface area contributed by atoms with Crippen LogP contribution >= 0.6 is 11.6 Å². The molecule has 2 N–H and O–H groups in total. The molecule has 3 aromatic rings. The van der Waals surface area contributed by atoms with Gasteiger partial charge in [0.1, 0.15) is 0 Å². The summed E-state index contributed by atoms with van der Waals surface area (Å²) in [5.74, 6) is 0.705. The van der Waals surface area contributed by atoms with E-state index in [1.54, 1.807) is 0 Å². The van der Waals surface area contributed by atoms with E-state index in [0.717, 1.165) is 35.2 Å². The smallest absolute Gasteiger partial charge is 0.230 e. The van der Waals surface area contributed by atoms with E-state index in [4.69, 9.17) is 17.3 Å². The highest BCUT2D eigenvalue weighted by Gasteiger charge is 2.46. The lowest BCUT2D eigenvalue weighted by Gasteiger charge is -2.29. The monoisotopic (exact) mass is 446 g/mol. The quantitative estimate of drug-likeness (QED) is 0.428. The molecular weight excluding hydrogens is 416 g/mol. The molecule has 0 aliphatic heterocycles. The Bertz CT molecular complexity index is 1050. The molecule has 1 aliphatic carbocycles. The summed E-state index contributed by atoms with van der Waals surface area (Å²) < 4.78 is 0. The summed E-state index contributed by atoms with van der Waals surface area (Å²) in [7, 11) is 0. The van der Waals surface area contributed by atoms with Crippen LogP contribution in [0.2, 0.25) is 5.02 Å². The lowest BCUT2D eigenvalue weighted by Crippen LogP contribution is -2.45. The summed E-state index contributed by atoms with van der Waals surface area (Å²) in [5, 5.41) is 0.716. The van der Waals surface area contributed by atoms with Crippen molar-refractivity contribution in [2.24, 2.45) is 17.6 Å². The van der Waals surface area contributed by atoms with Gasteiger partial charge in [0.05, 0.1) is 0 Å². The van der Waals surface area contributed by atoms with Gasteiger partial charge >= 0.3 is 0 Å². The zero-order valence-electron chi connectivity index (χ0n) is 18.7. The number of carbonyl (C=O) groups is 1. The van der Waals surface area contributed by atoms with Crippen LogP contribution in [-0.4, -0.2) is 18.5 Å². The first-order valence-electron chi connectivity index (χ1n) is 11.5. The lowest BCUT2D eigenvalue weighted by molar-refractivity contribution is -0.120. The van der Waals surface area contributed by atoms with Gasteiger partial charge in [0.2, 0.25) is 5.91 Å². The first kappa shape index (κ1) is 22.6. The Morgan fingerprint density at radius 1 is 1.03 bits per heavy atom. The number of carbonyl (C=O) groups excluding carboxylic acids is 1. The van der Waals surface area contributed by atoms with E-state index in [1.165, 1.54) is 0 Å². The van der Waals surface area contributed by atoms with Gasteiger partial charge in [-0.3, -0.25) is 4.79 Å². The molecule has 3 aromatic carbocycles. The van der Waals surface area contributed by atoms with Crippen LogP contribution in [-0.2, 0) is 4.79 Å². The molecule has 1 amide bonds. The van der Waals surface area contributed by atoms with Gasteiger partial charge in [-0.25, -0.2) is 0 Å². The van der Waals surface area contributed by atoms with Crippen molar-refractivity contribution in [3.63, 3.8) is 0 Å². The number of halogens is 1. The summed E-state index contributed by atoms with van der Waals surface area (Å²) >= 11 is 6.18. The molecule has 166 valence electrons. The molecule has 0 spiro atoms. The van der Waals surface area contributed by atoms with Gasteiger partial charge in [0.15, 0.2) is 0 Å². The van der Waals surface area contributed by atoms with Crippen molar-refractivity contribution in [2.45, 2.75) is 38.6 Å². The number of benzene rings is 3. The average molecular weight is 447 g/mol. The number of hydrogen-bond acceptors (Lipinski definition) is 2. The van der Waals surface area contributed by atoms with E-state index in [9.17, 15) is 4.79 Å². The van der Waals surface area contributed by atoms with Crippen LogP contribution in [0.4, 0.5) is 5.69 Å². The van der Waals surface area contributed by atoms with Crippen LogP contribution in [0.25, 0.3) is 11.1 Å². The molecule has 32 heavy (non-hydrogen) atoms. The SMILES string of the molecule is CC[C@H](C)[C@H](N)CN(C(=O)[C@@H]1C[C@H]1c1cccc(Cl)c1)c1ccc(-c2ccccc2)cc1. The minimum Gasteiger partial charge on any atom is -0.326 e. The number of nitrogens with two attached hydrogens (primary N) is 1. The maximum Gasteiger partial charge on any atom is 0.230 e. The Labute approximate surface area is 196 Å². The molecule has 4 heteroatoms. The summed E-state index contributed by atoms with van der Waals surface area (Å²) in [5.41, 5.74) is 10.8. The standard InChI is InChI=1S/C28H31ClN2O/c1-3-19(2)27(30)18-31(24-14-12-21(13-15-24)20-8-5-4-6-9-20)28(32)26-17-25(26)22-10-7-11-23(29)16-22/h4-16,19,25-27H,3,17-18,30H2,1-2H3/t19-,25-,26+,27+/m0/s1. The van der Waals surface area contributed by atoms with Gasteiger partial charge in [-0.05, 0) is 59.2 Å². The first-order valence-corrected chi connectivity index (χ1v) is 11.8. The number of hydrogen-bond donors (Lipinski definition) is 1. The predicted molar refractivity (Wildman–Crippen MR) is 134 cm³/mol. The third-order valence-corrected chi connectivity index (χ3v) is 6.94. The van der Waals surface area contributed by atoms with E-state index in [2.05, 4.69) is 44.2 Å². The maximum atomic E-state index is 13.6. The molecule has 0 saturated heterocycles. The molecule has 3 nitrogen and oxygen atoms in total. The van der Waals surface area contributed by atoms with Gasteiger partial charge in [0, 0.05) is 29.2 Å². The Kier molecular flexibility index (Phi) is 6.98. The van der Waals surface area contributed by atoms with Crippen molar-refractivity contribution in [1.82, 2.24) is 0 Å². The highest BCUT2D eigenvalue weighted by molar-refractivity contribution is 6.30. The number of rotatable bonds is 8. The summed E-state index contributed by atoms with van der Waals surface area (Å²) in [6.07, 6.45) is 1.85. The molecule has 4 rings (SSSR count). The molecule has 1 fully saturated rings. The Hall–Kier alpha value is -2.62. The molecule has 0 heterocycles. The van der Waals surface area contributed by atoms with Crippen LogP contribution in [0.1, 0.15) is 38.2 Å². The fourth-order valence-electron chi connectivity index (χ4n) is 4.25. The van der Waals surface area contributed by atoms with E-state index in [0.29, 0.717) is 17.5 Å². The summed E-state index contributed by atoms with van der Waals surface area (Å²) in [4.78, 5) is 15.5. The van der Waals surface area contributed by atoms with E-state index < -0.39 is 0 Å². The highest BCUT2D eigenvalue weighted by Crippen LogP contribution is 2.49. The minimum absolute atomic E-state index is 0.0219. The fraction of sp³-hybridized carbons (Fsp3) is 0.321. The topological polar surface area (TPSA) is 46.3 Å². The van der Waals surface area contributed by atoms with Crippen molar-refractivity contribution in [3.8, 4) is 11.1 Å². The van der Waals surface area contributed by atoms with E-state index in [1.807, 2.05) is 53.4 Å². The molecule has 1 saturated carbocycles. The number of anilines is 1. The molecule has 1 aliphatic rings. The molecule has 0 aromatic heterocycles. The Morgan fingerprint density at radius 2 is 1.72 bits per heavy atom. The zero-order chi connectivity index (χ0) is 22.7. The van der Waals surface area contributed by atoms with Crippen LogP contribution in [0.15, 0.2) is 78.9 Å². The second-order valence-electron chi connectivity index (χ2n) is 8.91. The largest absolute Gasteiger partial charge is 0.326 e. The van der Waals surface area contributed by atoms with Gasteiger partial charge < -0.3 is 10.6 Å². The summed E-state index contributed by atoms with van der Waals surface area (Å²) in [6, 6.07) is 26.3. The number of amides is 1. The zero-order valence-corrected chi connectivity index (χ0v) is 19.5. The van der Waals surface area contributed by atoms with Gasteiger partial charge in [-0.2, -0.15) is 0 Å². The van der Waals surface area contributed by atoms with Gasteiger partial charge in [-0.15, -0.1) is 0 Å². The third-order valence-electron chi connectivity index (χ3n) is 6.70. The second kappa shape index (κ2) is 9.89. The molecule has 0 radical (unpaired) electrons. The number of nitrogens with zero attached hydrogens (tertiary/aromatic N) is 1. The van der Waals surface area contributed by atoms with Crippen molar-refractivity contribution in [3.05, 3.63) is 89.4 Å². The van der Waals surface area contributed by atoms with Crippen molar-refractivity contribution in [1.29, 1.82) is 0 Å². The molecular formula is C28H31ClN2O. The van der Waals surface area contributed by atoms with Crippen molar-refractivity contribution < 1.29 is 4.79 Å². The minimum atomic E-state index is -0.0684. The normalized spacial score (nSPS) is 19.2. The van der Waals surface area contributed by atoms with Crippen LogP contribution in [0.5, 0.6) is 0 Å². The molecule has 4 atom stereocenters. The van der Waals surface area contributed by atoms with E-state index in [-0.39, 0.29) is 23.8 Å². The molecule has 0 bridgehead atoms. The maximum absolute atomic E-state index is 13.6. The average Bonchev–Trinajstić information content (AvgIpc) is 3.63. The van der Waals surface area contributed by atoms with Crippen LogP contribution in [0.3, 0.4) is 0 Å². The summed E-state index contributed by atoms with van der Waals surface area (Å²) in [6.45, 7) is 4.82. The van der Waals surface area contributed by atoms with E-state index >= 15 is 0 Å².